The first kappa shape index (κ1) is 43.6. The van der Waals surface area contributed by atoms with Crippen LogP contribution in [0.15, 0.2) is 0 Å². The van der Waals surface area contributed by atoms with Gasteiger partial charge in [-0.3, -0.25) is 9.59 Å². The normalized spacial score (nSPS) is 11.3. The van der Waals surface area contributed by atoms with E-state index in [1.807, 2.05) is 0 Å². The number of rotatable bonds is 32. The van der Waals surface area contributed by atoms with E-state index in [4.69, 9.17) is 33.2 Å². The van der Waals surface area contributed by atoms with Gasteiger partial charge in [-0.2, -0.15) is 8.78 Å². The van der Waals surface area contributed by atoms with Gasteiger partial charge in [-0.05, 0) is 6.42 Å². The Morgan fingerprint density at radius 3 is 1.21 bits per heavy atom. The van der Waals surface area contributed by atoms with Gasteiger partial charge in [-0.25, -0.2) is 13.2 Å². The minimum absolute atomic E-state index is 0.0802. The lowest BCUT2D eigenvalue weighted by atomic mass is 10.1. The number of halogens is 5. The summed E-state index contributed by atoms with van der Waals surface area (Å²) in [6.45, 7) is 5.68. The molecule has 0 radical (unpaired) electrons. The molecule has 278 valence electrons. The maximum Gasteiger partial charge on any atom is 0.313 e. The van der Waals surface area contributed by atoms with Crippen LogP contribution in [0.1, 0.15) is 77.6 Å². The molecule has 0 fully saturated rings. The lowest BCUT2D eigenvalue weighted by Gasteiger charge is -2.09. The van der Waals surface area contributed by atoms with Gasteiger partial charge >= 0.3 is 11.9 Å². The van der Waals surface area contributed by atoms with E-state index in [2.05, 4.69) is 11.7 Å². The molecule has 0 saturated carbocycles. The third-order valence-electron chi connectivity index (χ3n) is 6.67. The molecule has 0 aliphatic rings. The summed E-state index contributed by atoms with van der Waals surface area (Å²) in [7, 11) is 0. The third-order valence-corrected chi connectivity index (χ3v) is 6.67. The molecule has 0 aromatic heterocycles. The first-order valence-corrected chi connectivity index (χ1v) is 16.6. The monoisotopic (exact) mass is 702 g/mol. The summed E-state index contributed by atoms with van der Waals surface area (Å²) in [5.41, 5.74) is 0. The number of hydrogen-bond acceptors (Lipinski definition) is 10. The van der Waals surface area contributed by atoms with Crippen LogP contribution in [0.5, 0.6) is 5.75 Å². The summed E-state index contributed by atoms with van der Waals surface area (Å²) in [4.78, 5) is 23.4. The van der Waals surface area contributed by atoms with Gasteiger partial charge in [0.25, 0.3) is 0 Å². The van der Waals surface area contributed by atoms with Crippen molar-refractivity contribution in [3.05, 3.63) is 29.1 Å². The van der Waals surface area contributed by atoms with Crippen LogP contribution in [0.2, 0.25) is 0 Å². The minimum atomic E-state index is -2.35. The van der Waals surface area contributed by atoms with Gasteiger partial charge in [-0.15, -0.1) is 0 Å². The summed E-state index contributed by atoms with van der Waals surface area (Å²) in [6.07, 6.45) is 10.8. The zero-order chi connectivity index (χ0) is 35.2. The summed E-state index contributed by atoms with van der Waals surface area (Å²) >= 11 is 0. The van der Waals surface area contributed by atoms with E-state index < -0.39 is 47.2 Å². The standard InChI is InChI=1S/C33H51F5O10/c1-2-3-4-5-6-7-8-9-10-11-26(39)47-25-24-46-23-22-45-21-20-44-19-18-43-17-16-42-15-14-41-13-12-27(40)48-33-31(37)29(35)28(34)30(36)32(33)38/h2-25H2,1H3. The van der Waals surface area contributed by atoms with Crippen LogP contribution < -0.4 is 4.74 Å². The Bertz CT molecular complexity index is 973. The van der Waals surface area contributed by atoms with Gasteiger partial charge < -0.3 is 37.9 Å². The lowest BCUT2D eigenvalue weighted by molar-refractivity contribution is -0.145. The maximum atomic E-state index is 13.5. The van der Waals surface area contributed by atoms with Crippen molar-refractivity contribution in [2.24, 2.45) is 0 Å². The molecule has 0 saturated heterocycles. The second-order valence-corrected chi connectivity index (χ2v) is 10.6. The summed E-state index contributed by atoms with van der Waals surface area (Å²) < 4.78 is 108. The number of ether oxygens (including phenoxy) is 8. The molecule has 0 N–H and O–H groups in total. The van der Waals surface area contributed by atoms with E-state index in [9.17, 15) is 31.5 Å². The molecule has 1 rings (SSSR count). The van der Waals surface area contributed by atoms with Gasteiger partial charge in [-0.1, -0.05) is 58.3 Å². The molecule has 0 unspecified atom stereocenters. The van der Waals surface area contributed by atoms with Crippen molar-refractivity contribution in [2.75, 3.05) is 85.9 Å². The largest absolute Gasteiger partial charge is 0.463 e. The van der Waals surface area contributed by atoms with E-state index in [1.54, 1.807) is 0 Å². The summed E-state index contributed by atoms with van der Waals surface area (Å²) in [5, 5.41) is 0. The number of benzene rings is 1. The molecule has 15 heteroatoms. The lowest BCUT2D eigenvalue weighted by Crippen LogP contribution is -2.16. The molecule has 0 atom stereocenters. The van der Waals surface area contributed by atoms with Crippen LogP contribution in [0, 0.1) is 29.1 Å². The maximum absolute atomic E-state index is 13.5. The topological polar surface area (TPSA) is 108 Å². The van der Waals surface area contributed by atoms with E-state index in [0.717, 1.165) is 12.8 Å². The van der Waals surface area contributed by atoms with Crippen molar-refractivity contribution < 1.29 is 69.4 Å². The average molecular weight is 703 g/mol. The summed E-state index contributed by atoms with van der Waals surface area (Å²) in [5.74, 6) is -14.3. The van der Waals surface area contributed by atoms with E-state index >= 15 is 0 Å². The number of hydrogen-bond donors (Lipinski definition) is 0. The number of esters is 2. The van der Waals surface area contributed by atoms with Gasteiger partial charge in [0.15, 0.2) is 0 Å². The molecular formula is C33H51F5O10. The first-order valence-electron chi connectivity index (χ1n) is 16.6. The molecular weight excluding hydrogens is 651 g/mol. The Balaban J connectivity index is 1.80. The number of carbonyl (C=O) groups is 2. The van der Waals surface area contributed by atoms with Crippen LogP contribution in [0.3, 0.4) is 0 Å². The summed E-state index contributed by atoms with van der Waals surface area (Å²) in [6, 6.07) is 0. The zero-order valence-corrected chi connectivity index (χ0v) is 27.9. The van der Waals surface area contributed by atoms with Crippen molar-refractivity contribution in [3.8, 4) is 5.75 Å². The second-order valence-electron chi connectivity index (χ2n) is 10.6. The molecule has 1 aromatic rings. The average Bonchev–Trinajstić information content (AvgIpc) is 3.08. The highest BCUT2D eigenvalue weighted by Crippen LogP contribution is 2.29. The molecule has 10 nitrogen and oxygen atoms in total. The Hall–Kier alpha value is -2.43. The number of carbonyl (C=O) groups excluding carboxylic acids is 2. The van der Waals surface area contributed by atoms with Crippen LogP contribution in [-0.4, -0.2) is 97.8 Å². The molecule has 0 bridgehead atoms. The van der Waals surface area contributed by atoms with E-state index in [-0.39, 0.29) is 39.0 Å². The van der Waals surface area contributed by atoms with Crippen LogP contribution >= 0.6 is 0 Å². The highest BCUT2D eigenvalue weighted by molar-refractivity contribution is 5.72. The Labute approximate surface area is 279 Å². The smallest absolute Gasteiger partial charge is 0.313 e. The minimum Gasteiger partial charge on any atom is -0.463 e. The fraction of sp³-hybridized carbons (Fsp3) is 0.758. The van der Waals surface area contributed by atoms with Crippen LogP contribution in [-0.2, 0) is 42.7 Å². The van der Waals surface area contributed by atoms with Crippen LogP contribution in [0.4, 0.5) is 22.0 Å². The molecule has 1 aromatic carbocycles. The van der Waals surface area contributed by atoms with E-state index in [1.165, 1.54) is 44.9 Å². The van der Waals surface area contributed by atoms with Gasteiger partial charge in [0, 0.05) is 6.42 Å². The Kier molecular flexibility index (Phi) is 26.8. The van der Waals surface area contributed by atoms with Gasteiger partial charge in [0.2, 0.25) is 34.8 Å². The molecule has 0 aliphatic heterocycles. The SMILES string of the molecule is CCCCCCCCCCCC(=O)OCCOCCOCCOCCOCCOCCOCCC(=O)Oc1c(F)c(F)c(F)c(F)c1F. The molecule has 0 heterocycles. The van der Waals surface area contributed by atoms with Crippen LogP contribution in [0.25, 0.3) is 0 Å². The van der Waals surface area contributed by atoms with E-state index in [0.29, 0.717) is 59.3 Å². The molecule has 48 heavy (non-hydrogen) atoms. The zero-order valence-electron chi connectivity index (χ0n) is 27.9. The number of unbranched alkanes of at least 4 members (excludes halogenated alkanes) is 8. The first-order chi connectivity index (χ1) is 23.3. The van der Waals surface area contributed by atoms with Crippen molar-refractivity contribution >= 4 is 11.9 Å². The third kappa shape index (κ3) is 21.5. The van der Waals surface area contributed by atoms with Gasteiger partial charge in [0.05, 0.1) is 85.7 Å². The predicted molar refractivity (Wildman–Crippen MR) is 164 cm³/mol. The van der Waals surface area contributed by atoms with Crippen molar-refractivity contribution in [1.82, 2.24) is 0 Å². The molecule has 0 spiro atoms. The van der Waals surface area contributed by atoms with Crippen molar-refractivity contribution in [2.45, 2.75) is 77.6 Å². The van der Waals surface area contributed by atoms with Crippen molar-refractivity contribution in [1.29, 1.82) is 0 Å². The fourth-order valence-electron chi connectivity index (χ4n) is 4.06. The molecule has 0 aliphatic carbocycles. The Morgan fingerprint density at radius 1 is 0.417 bits per heavy atom. The highest BCUT2D eigenvalue weighted by atomic mass is 19.2. The second kappa shape index (κ2) is 29.5. The van der Waals surface area contributed by atoms with Crippen molar-refractivity contribution in [3.63, 3.8) is 0 Å². The quantitative estimate of drug-likeness (QED) is 0.0214. The highest BCUT2D eigenvalue weighted by Gasteiger charge is 2.28. The predicted octanol–water partition coefficient (Wildman–Crippen LogP) is 6.24. The molecule has 0 amide bonds. The van der Waals surface area contributed by atoms with Gasteiger partial charge in [0.1, 0.15) is 6.61 Å². The Morgan fingerprint density at radius 2 is 0.771 bits per heavy atom. The fourth-order valence-corrected chi connectivity index (χ4v) is 4.06.